The Balaban J connectivity index is 2.26. The summed E-state index contributed by atoms with van der Waals surface area (Å²) in [6.45, 7) is 0. The van der Waals surface area contributed by atoms with E-state index in [2.05, 4.69) is 19.9 Å². The predicted octanol–water partition coefficient (Wildman–Crippen LogP) is -0.124. The van der Waals surface area contributed by atoms with Crippen LogP contribution in [0.2, 0.25) is 0 Å². The molecule has 0 aliphatic carbocycles. The minimum atomic E-state index is -0.307. The first-order valence-corrected chi connectivity index (χ1v) is 5.07. The summed E-state index contributed by atoms with van der Waals surface area (Å²) in [6.07, 6.45) is 2.91. The number of nitrogens with one attached hydrogen (secondary N) is 1. The van der Waals surface area contributed by atoms with Gasteiger partial charge in [-0.15, -0.1) is 0 Å². The van der Waals surface area contributed by atoms with Crippen LogP contribution in [-0.4, -0.2) is 19.9 Å². The third-order valence-electron chi connectivity index (χ3n) is 1.59. The van der Waals surface area contributed by atoms with Crippen LogP contribution in [0.15, 0.2) is 33.4 Å². The smallest absolute Gasteiger partial charge is 0.253 e. The number of rotatable bonds is 2. The van der Waals surface area contributed by atoms with Gasteiger partial charge in [-0.25, -0.2) is 15.0 Å². The van der Waals surface area contributed by atoms with E-state index in [4.69, 9.17) is 11.5 Å². The Kier molecular flexibility index (Phi) is 2.73. The maximum atomic E-state index is 11.1. The molecule has 0 radical (unpaired) electrons. The van der Waals surface area contributed by atoms with Crippen molar-refractivity contribution in [3.05, 3.63) is 28.8 Å². The summed E-state index contributed by atoms with van der Waals surface area (Å²) in [5, 5.41) is 0.937. The molecule has 8 heteroatoms. The van der Waals surface area contributed by atoms with Gasteiger partial charge in [0.15, 0.2) is 5.16 Å². The lowest BCUT2D eigenvalue weighted by molar-refractivity contribution is 0.937. The van der Waals surface area contributed by atoms with Crippen molar-refractivity contribution >= 4 is 23.4 Å². The number of aromatic amines is 1. The average molecular weight is 236 g/mol. The SMILES string of the molecule is Nc1cnc(Sc2nc(N)cc(=O)[nH]2)cn1. The summed E-state index contributed by atoms with van der Waals surface area (Å²) in [6, 6.07) is 1.21. The van der Waals surface area contributed by atoms with Crippen molar-refractivity contribution in [1.82, 2.24) is 19.9 Å². The van der Waals surface area contributed by atoms with E-state index in [1.807, 2.05) is 0 Å². The lowest BCUT2D eigenvalue weighted by Crippen LogP contribution is -2.09. The van der Waals surface area contributed by atoms with Crippen molar-refractivity contribution in [1.29, 1.82) is 0 Å². The molecule has 0 saturated carbocycles. The third-order valence-corrected chi connectivity index (χ3v) is 2.40. The number of nitrogens with two attached hydrogens (primary N) is 2. The quantitative estimate of drug-likeness (QED) is 0.620. The number of nitrogens with zero attached hydrogens (tertiary/aromatic N) is 3. The Hall–Kier alpha value is -2.09. The van der Waals surface area contributed by atoms with Gasteiger partial charge < -0.3 is 16.5 Å². The van der Waals surface area contributed by atoms with Crippen LogP contribution in [0.5, 0.6) is 0 Å². The molecule has 0 bridgehead atoms. The van der Waals surface area contributed by atoms with Crippen LogP contribution in [0.1, 0.15) is 0 Å². The molecule has 2 heterocycles. The molecule has 2 rings (SSSR count). The van der Waals surface area contributed by atoms with Crippen LogP contribution in [0.4, 0.5) is 11.6 Å². The summed E-state index contributed by atoms with van der Waals surface area (Å²) in [7, 11) is 0. The second-order valence-corrected chi connectivity index (χ2v) is 3.87. The van der Waals surface area contributed by atoms with Crippen molar-refractivity contribution in [3.8, 4) is 0 Å². The van der Waals surface area contributed by atoms with E-state index < -0.39 is 0 Å². The van der Waals surface area contributed by atoms with Crippen LogP contribution in [0.3, 0.4) is 0 Å². The fourth-order valence-electron chi connectivity index (χ4n) is 0.980. The van der Waals surface area contributed by atoms with E-state index >= 15 is 0 Å². The van der Waals surface area contributed by atoms with Gasteiger partial charge in [-0.1, -0.05) is 0 Å². The van der Waals surface area contributed by atoms with Gasteiger partial charge in [-0.3, -0.25) is 4.79 Å². The van der Waals surface area contributed by atoms with Crippen LogP contribution in [0, 0.1) is 0 Å². The number of nitrogen functional groups attached to an aromatic ring is 2. The average Bonchev–Trinajstić information content (AvgIpc) is 2.20. The van der Waals surface area contributed by atoms with Crippen LogP contribution < -0.4 is 17.0 Å². The Morgan fingerprint density at radius 2 is 2.00 bits per heavy atom. The molecular weight excluding hydrogens is 228 g/mol. The predicted molar refractivity (Wildman–Crippen MR) is 59.8 cm³/mol. The molecule has 0 fully saturated rings. The first-order chi connectivity index (χ1) is 7.63. The molecule has 0 spiro atoms. The molecule has 0 amide bonds. The zero-order valence-electron chi connectivity index (χ0n) is 8.04. The van der Waals surface area contributed by atoms with Crippen molar-refractivity contribution in [3.63, 3.8) is 0 Å². The highest BCUT2D eigenvalue weighted by molar-refractivity contribution is 7.99. The van der Waals surface area contributed by atoms with E-state index in [0.717, 1.165) is 11.8 Å². The van der Waals surface area contributed by atoms with E-state index in [-0.39, 0.29) is 11.4 Å². The van der Waals surface area contributed by atoms with E-state index in [9.17, 15) is 4.79 Å². The summed E-state index contributed by atoms with van der Waals surface area (Å²) in [5.41, 5.74) is 10.5. The Bertz CT molecular complexity index is 551. The minimum absolute atomic E-state index is 0.162. The first kappa shape index (κ1) is 10.4. The fraction of sp³-hybridized carbons (Fsp3) is 0. The van der Waals surface area contributed by atoms with Crippen LogP contribution in [-0.2, 0) is 0 Å². The molecular formula is C8H8N6OS. The molecule has 5 N–H and O–H groups in total. The fourth-order valence-corrected chi connectivity index (χ4v) is 1.69. The first-order valence-electron chi connectivity index (χ1n) is 4.26. The Morgan fingerprint density at radius 3 is 2.62 bits per heavy atom. The molecule has 82 valence electrons. The highest BCUT2D eigenvalue weighted by Crippen LogP contribution is 2.21. The van der Waals surface area contributed by atoms with E-state index in [0.29, 0.717) is 16.0 Å². The second-order valence-electron chi connectivity index (χ2n) is 2.86. The molecule has 0 aliphatic rings. The highest BCUT2D eigenvalue weighted by Gasteiger charge is 2.03. The van der Waals surface area contributed by atoms with Crippen molar-refractivity contribution in [2.24, 2.45) is 0 Å². The molecule has 0 saturated heterocycles. The number of anilines is 2. The lowest BCUT2D eigenvalue weighted by atomic mass is 10.6. The largest absolute Gasteiger partial charge is 0.383 e. The van der Waals surface area contributed by atoms with Crippen LogP contribution in [0.25, 0.3) is 0 Å². The van der Waals surface area contributed by atoms with E-state index in [1.54, 1.807) is 0 Å². The molecule has 2 aromatic rings. The Morgan fingerprint density at radius 1 is 1.19 bits per heavy atom. The Labute approximate surface area is 94.3 Å². The van der Waals surface area contributed by atoms with Crippen molar-refractivity contribution < 1.29 is 0 Å². The summed E-state index contributed by atoms with van der Waals surface area (Å²) in [4.78, 5) is 25.4. The molecule has 0 atom stereocenters. The number of H-pyrrole nitrogens is 1. The van der Waals surface area contributed by atoms with Gasteiger partial charge in [0, 0.05) is 6.07 Å². The van der Waals surface area contributed by atoms with Gasteiger partial charge in [0.2, 0.25) is 0 Å². The molecule has 2 aromatic heterocycles. The lowest BCUT2D eigenvalue weighted by Gasteiger charge is -2.00. The number of hydrogen-bond acceptors (Lipinski definition) is 7. The van der Waals surface area contributed by atoms with Gasteiger partial charge in [-0.05, 0) is 11.8 Å². The van der Waals surface area contributed by atoms with E-state index in [1.165, 1.54) is 18.5 Å². The van der Waals surface area contributed by atoms with Gasteiger partial charge in [-0.2, -0.15) is 0 Å². The van der Waals surface area contributed by atoms with Gasteiger partial charge in [0.25, 0.3) is 5.56 Å². The third kappa shape index (κ3) is 2.48. The van der Waals surface area contributed by atoms with Gasteiger partial charge in [0.05, 0.1) is 12.4 Å². The van der Waals surface area contributed by atoms with Crippen LogP contribution >= 0.6 is 11.8 Å². The number of aromatic nitrogens is 4. The summed E-state index contributed by atoms with van der Waals surface area (Å²) < 4.78 is 0. The van der Waals surface area contributed by atoms with Crippen molar-refractivity contribution in [2.45, 2.75) is 10.2 Å². The molecule has 0 aliphatic heterocycles. The maximum Gasteiger partial charge on any atom is 0.253 e. The second kappa shape index (κ2) is 4.19. The zero-order valence-corrected chi connectivity index (χ0v) is 8.86. The number of hydrogen-bond donors (Lipinski definition) is 3. The maximum absolute atomic E-state index is 11.1. The van der Waals surface area contributed by atoms with Gasteiger partial charge in [0.1, 0.15) is 16.7 Å². The van der Waals surface area contributed by atoms with Gasteiger partial charge >= 0.3 is 0 Å². The molecule has 16 heavy (non-hydrogen) atoms. The van der Waals surface area contributed by atoms with Crippen molar-refractivity contribution in [2.75, 3.05) is 11.5 Å². The normalized spacial score (nSPS) is 10.2. The molecule has 0 aromatic carbocycles. The zero-order chi connectivity index (χ0) is 11.5. The summed E-state index contributed by atoms with van der Waals surface area (Å²) >= 11 is 1.15. The molecule has 0 unspecified atom stereocenters. The summed E-state index contributed by atoms with van der Waals surface area (Å²) in [5.74, 6) is 0.494. The monoisotopic (exact) mass is 236 g/mol. The topological polar surface area (TPSA) is 124 Å². The minimum Gasteiger partial charge on any atom is -0.383 e. The highest BCUT2D eigenvalue weighted by atomic mass is 32.2. The molecule has 7 nitrogen and oxygen atoms in total. The standard InChI is InChI=1S/C8H8N6OS/c9-4-1-6(15)14-8(13-4)16-7-3-11-5(10)2-12-7/h1-3H,(H2,10,11)(H3,9,13,14,15).